The fraction of sp³-hybridized carbons (Fsp3) is 0.125. The third-order valence-corrected chi connectivity index (χ3v) is 4.86. The molecule has 7 heteroatoms. The van der Waals surface area contributed by atoms with E-state index in [2.05, 4.69) is 10.2 Å². The van der Waals surface area contributed by atoms with Gasteiger partial charge in [0.15, 0.2) is 4.77 Å². The second-order valence-corrected chi connectivity index (χ2v) is 6.62. The second kappa shape index (κ2) is 7.29. The van der Waals surface area contributed by atoms with E-state index < -0.39 is 0 Å². The summed E-state index contributed by atoms with van der Waals surface area (Å²) in [4.78, 5) is 0. The summed E-state index contributed by atoms with van der Waals surface area (Å²) in [5.74, 6) is 1.85. The van der Waals surface area contributed by atoms with Crippen LogP contribution < -0.4 is 0 Å². The van der Waals surface area contributed by atoms with Gasteiger partial charge in [-0.15, -0.1) is 11.8 Å². The molecule has 0 spiro atoms. The van der Waals surface area contributed by atoms with E-state index in [1.165, 1.54) is 12.1 Å². The van der Waals surface area contributed by atoms with Crippen LogP contribution in [0.25, 0.3) is 5.69 Å². The van der Waals surface area contributed by atoms with Crippen LogP contribution in [0.1, 0.15) is 11.4 Å². The van der Waals surface area contributed by atoms with Crippen molar-refractivity contribution < 1.29 is 4.39 Å². The van der Waals surface area contributed by atoms with Crippen LogP contribution in [0, 0.1) is 10.6 Å². The van der Waals surface area contributed by atoms with Gasteiger partial charge in [0.25, 0.3) is 0 Å². The minimum absolute atomic E-state index is 0.325. The lowest BCUT2D eigenvalue weighted by Crippen LogP contribution is -2.00. The standard InChI is InChI=1S/C16H13ClFN3S2/c17-14-8-12(18)7-6-11(14)9-23-10-15-19-20-16(22)21(15)13-4-2-1-3-5-13/h1-8H,9-10H2,(H,20,22). The zero-order chi connectivity index (χ0) is 16.2. The molecule has 3 nitrogen and oxygen atoms in total. The number of thioether (sulfide) groups is 1. The first-order chi connectivity index (χ1) is 11.1. The Morgan fingerprint density at radius 2 is 1.96 bits per heavy atom. The summed E-state index contributed by atoms with van der Waals surface area (Å²) in [5.41, 5.74) is 1.88. The molecule has 23 heavy (non-hydrogen) atoms. The van der Waals surface area contributed by atoms with E-state index in [1.807, 2.05) is 34.9 Å². The number of halogens is 2. The second-order valence-electron chi connectivity index (χ2n) is 4.84. The van der Waals surface area contributed by atoms with Crippen LogP contribution >= 0.6 is 35.6 Å². The van der Waals surface area contributed by atoms with E-state index in [1.54, 1.807) is 17.8 Å². The molecule has 1 heterocycles. The number of nitrogens with one attached hydrogen (secondary N) is 1. The molecule has 0 aliphatic rings. The van der Waals surface area contributed by atoms with E-state index in [0.717, 1.165) is 17.1 Å². The van der Waals surface area contributed by atoms with E-state index in [9.17, 15) is 4.39 Å². The lowest BCUT2D eigenvalue weighted by Gasteiger charge is -2.07. The van der Waals surface area contributed by atoms with Crippen LogP contribution in [-0.4, -0.2) is 14.8 Å². The molecule has 0 aliphatic heterocycles. The van der Waals surface area contributed by atoms with Crippen molar-refractivity contribution in [3.63, 3.8) is 0 Å². The number of H-pyrrole nitrogens is 1. The lowest BCUT2D eigenvalue weighted by molar-refractivity contribution is 0.627. The van der Waals surface area contributed by atoms with E-state index >= 15 is 0 Å². The highest BCUT2D eigenvalue weighted by atomic mass is 35.5. The molecule has 1 N–H and O–H groups in total. The summed E-state index contributed by atoms with van der Waals surface area (Å²) in [6, 6.07) is 14.3. The van der Waals surface area contributed by atoms with Gasteiger partial charge in [-0.3, -0.25) is 9.67 Å². The van der Waals surface area contributed by atoms with Gasteiger partial charge in [-0.2, -0.15) is 5.10 Å². The Bertz CT molecular complexity index is 861. The molecule has 118 valence electrons. The SMILES string of the molecule is Fc1ccc(CSCc2n[nH]c(=S)n2-c2ccccc2)c(Cl)c1. The number of rotatable bonds is 5. The van der Waals surface area contributed by atoms with Crippen LogP contribution in [0.5, 0.6) is 0 Å². The maximum Gasteiger partial charge on any atom is 0.199 e. The maximum atomic E-state index is 13.1. The molecule has 0 saturated carbocycles. The average molecular weight is 366 g/mol. The van der Waals surface area contributed by atoms with Gasteiger partial charge >= 0.3 is 0 Å². The first-order valence-corrected chi connectivity index (χ1v) is 8.82. The molecule has 0 aliphatic carbocycles. The Balaban J connectivity index is 1.73. The van der Waals surface area contributed by atoms with Gasteiger partial charge in [-0.1, -0.05) is 35.9 Å². The summed E-state index contributed by atoms with van der Waals surface area (Å²) in [5, 5.41) is 7.57. The van der Waals surface area contributed by atoms with Crippen LogP contribution in [0.15, 0.2) is 48.5 Å². The zero-order valence-corrected chi connectivity index (χ0v) is 14.4. The molecule has 0 amide bonds. The maximum absolute atomic E-state index is 13.1. The lowest BCUT2D eigenvalue weighted by atomic mass is 10.2. The Kier molecular flexibility index (Phi) is 5.15. The van der Waals surface area contributed by atoms with Crippen molar-refractivity contribution in [2.75, 3.05) is 0 Å². The van der Waals surface area contributed by atoms with Crippen LogP contribution in [0.3, 0.4) is 0 Å². The Morgan fingerprint density at radius 1 is 1.17 bits per heavy atom. The van der Waals surface area contributed by atoms with Crippen LogP contribution in [0.2, 0.25) is 5.02 Å². The summed E-state index contributed by atoms with van der Waals surface area (Å²) < 4.78 is 15.5. The summed E-state index contributed by atoms with van der Waals surface area (Å²) in [6.45, 7) is 0. The average Bonchev–Trinajstić information content (AvgIpc) is 2.91. The number of aromatic nitrogens is 3. The van der Waals surface area contributed by atoms with Gasteiger partial charge < -0.3 is 0 Å². The third-order valence-electron chi connectivity index (χ3n) is 3.26. The van der Waals surface area contributed by atoms with Crippen molar-refractivity contribution >= 4 is 35.6 Å². The first kappa shape index (κ1) is 16.2. The Labute approximate surface area is 147 Å². The molecule has 0 fully saturated rings. The quantitative estimate of drug-likeness (QED) is 0.634. The molecule has 3 rings (SSSR count). The highest BCUT2D eigenvalue weighted by Gasteiger charge is 2.09. The van der Waals surface area contributed by atoms with Gasteiger partial charge in [0.05, 0.1) is 5.75 Å². The third kappa shape index (κ3) is 3.83. The number of aromatic amines is 1. The monoisotopic (exact) mass is 365 g/mol. The van der Waals surface area contributed by atoms with Crippen molar-refractivity contribution in [2.45, 2.75) is 11.5 Å². The van der Waals surface area contributed by atoms with E-state index in [4.69, 9.17) is 23.8 Å². The van der Waals surface area contributed by atoms with Crippen molar-refractivity contribution in [1.82, 2.24) is 14.8 Å². The molecule has 0 unspecified atom stereocenters. The predicted octanol–water partition coefficient (Wildman–Crippen LogP) is 5.16. The highest BCUT2D eigenvalue weighted by molar-refractivity contribution is 7.97. The summed E-state index contributed by atoms with van der Waals surface area (Å²) in [7, 11) is 0. The molecular weight excluding hydrogens is 353 g/mol. The Hall–Kier alpha value is -1.63. The van der Waals surface area contributed by atoms with E-state index in [0.29, 0.717) is 21.3 Å². The van der Waals surface area contributed by atoms with Crippen LogP contribution in [0.4, 0.5) is 4.39 Å². The number of nitrogens with zero attached hydrogens (tertiary/aromatic N) is 2. The molecule has 0 radical (unpaired) electrons. The predicted molar refractivity (Wildman–Crippen MR) is 95.2 cm³/mol. The van der Waals surface area contributed by atoms with Gasteiger partial charge in [-0.05, 0) is 42.0 Å². The van der Waals surface area contributed by atoms with Gasteiger partial charge in [-0.25, -0.2) is 4.39 Å². The molecular formula is C16H13ClFN3S2. The molecule has 1 aromatic heterocycles. The largest absolute Gasteiger partial charge is 0.271 e. The fourth-order valence-corrected chi connectivity index (χ4v) is 3.68. The topological polar surface area (TPSA) is 33.6 Å². The fourth-order valence-electron chi connectivity index (χ4n) is 2.16. The smallest absolute Gasteiger partial charge is 0.199 e. The highest BCUT2D eigenvalue weighted by Crippen LogP contribution is 2.24. The molecule has 3 aromatic rings. The van der Waals surface area contributed by atoms with Gasteiger partial charge in [0, 0.05) is 16.5 Å². The molecule has 2 aromatic carbocycles. The van der Waals surface area contributed by atoms with E-state index in [-0.39, 0.29) is 5.82 Å². The first-order valence-electron chi connectivity index (χ1n) is 6.88. The van der Waals surface area contributed by atoms with Gasteiger partial charge in [0.1, 0.15) is 11.6 Å². The zero-order valence-electron chi connectivity index (χ0n) is 12.0. The number of para-hydroxylation sites is 1. The van der Waals surface area contributed by atoms with Crippen molar-refractivity contribution in [3.8, 4) is 5.69 Å². The molecule has 0 saturated heterocycles. The summed E-state index contributed by atoms with van der Waals surface area (Å²) >= 11 is 13.0. The van der Waals surface area contributed by atoms with Crippen molar-refractivity contribution in [2.24, 2.45) is 0 Å². The van der Waals surface area contributed by atoms with Crippen LogP contribution in [-0.2, 0) is 11.5 Å². The number of hydrogen-bond acceptors (Lipinski definition) is 3. The molecule has 0 bridgehead atoms. The number of benzene rings is 2. The number of hydrogen-bond donors (Lipinski definition) is 1. The minimum Gasteiger partial charge on any atom is -0.271 e. The van der Waals surface area contributed by atoms with Crippen molar-refractivity contribution in [3.05, 3.63) is 75.5 Å². The minimum atomic E-state index is -0.325. The summed E-state index contributed by atoms with van der Waals surface area (Å²) in [6.07, 6.45) is 0. The normalized spacial score (nSPS) is 10.9. The van der Waals surface area contributed by atoms with Gasteiger partial charge in [0.2, 0.25) is 0 Å². The van der Waals surface area contributed by atoms with Crippen molar-refractivity contribution in [1.29, 1.82) is 0 Å². The Morgan fingerprint density at radius 3 is 2.70 bits per heavy atom. The molecule has 0 atom stereocenters.